The second kappa shape index (κ2) is 3.22. The first-order valence-electron chi connectivity index (χ1n) is 3.58. The average Bonchev–Trinajstić information content (AvgIpc) is 2.38. The van der Waals surface area contributed by atoms with E-state index in [1.54, 1.807) is 13.8 Å². The van der Waals surface area contributed by atoms with E-state index >= 15 is 0 Å². The minimum absolute atomic E-state index is 0.0648. The monoisotopic (exact) mass is 189 g/mol. The molecule has 0 unspecified atom stereocenters. The SMILES string of the molecule is CC(C)S(=O)(=O)Cc1ncn[nH]1. The van der Waals surface area contributed by atoms with E-state index in [9.17, 15) is 8.42 Å². The molecule has 1 N–H and O–H groups in total. The highest BCUT2D eigenvalue weighted by atomic mass is 32.2. The fourth-order valence-electron chi connectivity index (χ4n) is 0.658. The smallest absolute Gasteiger partial charge is 0.159 e. The zero-order valence-electron chi connectivity index (χ0n) is 6.98. The quantitative estimate of drug-likeness (QED) is 0.733. The van der Waals surface area contributed by atoms with Gasteiger partial charge in [-0.25, -0.2) is 13.4 Å². The molecular formula is C6H11N3O2S. The number of H-pyrrole nitrogens is 1. The Kier molecular flexibility index (Phi) is 2.46. The van der Waals surface area contributed by atoms with Crippen molar-refractivity contribution in [1.29, 1.82) is 0 Å². The van der Waals surface area contributed by atoms with Crippen molar-refractivity contribution in [2.24, 2.45) is 0 Å². The highest BCUT2D eigenvalue weighted by Crippen LogP contribution is 2.05. The topological polar surface area (TPSA) is 75.7 Å². The summed E-state index contributed by atoms with van der Waals surface area (Å²) in [5, 5.41) is 5.70. The van der Waals surface area contributed by atoms with E-state index in [4.69, 9.17) is 0 Å². The second-order valence-electron chi connectivity index (χ2n) is 2.79. The van der Waals surface area contributed by atoms with Gasteiger partial charge in [-0.2, -0.15) is 5.10 Å². The van der Waals surface area contributed by atoms with E-state index in [1.165, 1.54) is 6.33 Å². The Bertz CT molecular complexity index is 328. The van der Waals surface area contributed by atoms with Gasteiger partial charge in [-0.1, -0.05) is 0 Å². The van der Waals surface area contributed by atoms with Gasteiger partial charge in [0.25, 0.3) is 0 Å². The minimum atomic E-state index is -3.05. The number of rotatable bonds is 3. The van der Waals surface area contributed by atoms with Crippen LogP contribution >= 0.6 is 0 Å². The van der Waals surface area contributed by atoms with Crippen molar-refractivity contribution < 1.29 is 8.42 Å². The van der Waals surface area contributed by atoms with Gasteiger partial charge in [0.15, 0.2) is 9.84 Å². The number of nitrogens with zero attached hydrogens (tertiary/aromatic N) is 2. The highest BCUT2D eigenvalue weighted by molar-refractivity contribution is 7.91. The average molecular weight is 189 g/mol. The third-order valence-electron chi connectivity index (χ3n) is 1.52. The summed E-state index contributed by atoms with van der Waals surface area (Å²) in [5.41, 5.74) is 0. The molecule has 12 heavy (non-hydrogen) atoms. The van der Waals surface area contributed by atoms with Crippen molar-refractivity contribution in [3.63, 3.8) is 0 Å². The molecule has 0 aliphatic rings. The summed E-state index contributed by atoms with van der Waals surface area (Å²) in [6, 6.07) is 0. The molecule has 0 radical (unpaired) electrons. The Labute approximate surface area is 71.1 Å². The Morgan fingerprint density at radius 2 is 2.25 bits per heavy atom. The summed E-state index contributed by atoms with van der Waals surface area (Å²) >= 11 is 0. The zero-order chi connectivity index (χ0) is 9.19. The van der Waals surface area contributed by atoms with Gasteiger partial charge in [0.1, 0.15) is 17.9 Å². The van der Waals surface area contributed by atoms with E-state index in [2.05, 4.69) is 15.2 Å². The maximum Gasteiger partial charge on any atom is 0.159 e. The van der Waals surface area contributed by atoms with Crippen LogP contribution in [0.5, 0.6) is 0 Å². The van der Waals surface area contributed by atoms with E-state index < -0.39 is 9.84 Å². The molecule has 0 bridgehead atoms. The molecule has 0 atom stereocenters. The lowest BCUT2D eigenvalue weighted by Gasteiger charge is -2.03. The van der Waals surface area contributed by atoms with Gasteiger partial charge in [0, 0.05) is 0 Å². The number of hydrogen-bond donors (Lipinski definition) is 1. The molecule has 1 aromatic heterocycles. The molecular weight excluding hydrogens is 178 g/mol. The fourth-order valence-corrected chi connectivity index (χ4v) is 1.51. The van der Waals surface area contributed by atoms with Gasteiger partial charge >= 0.3 is 0 Å². The first kappa shape index (κ1) is 9.18. The van der Waals surface area contributed by atoms with Crippen molar-refractivity contribution in [3.8, 4) is 0 Å². The number of hydrogen-bond acceptors (Lipinski definition) is 4. The van der Waals surface area contributed by atoms with Crippen molar-refractivity contribution in [3.05, 3.63) is 12.2 Å². The van der Waals surface area contributed by atoms with Crippen LogP contribution in [-0.4, -0.2) is 28.8 Å². The molecule has 5 nitrogen and oxygen atoms in total. The summed E-state index contributed by atoms with van der Waals surface area (Å²) in [5.74, 6) is 0.328. The first-order valence-corrected chi connectivity index (χ1v) is 5.29. The molecule has 6 heteroatoms. The molecule has 0 aliphatic carbocycles. The number of aromatic nitrogens is 3. The Morgan fingerprint density at radius 1 is 1.58 bits per heavy atom. The van der Waals surface area contributed by atoms with Crippen LogP contribution in [0.2, 0.25) is 0 Å². The highest BCUT2D eigenvalue weighted by Gasteiger charge is 2.17. The van der Waals surface area contributed by atoms with Crippen LogP contribution in [0.1, 0.15) is 19.7 Å². The maximum atomic E-state index is 11.3. The number of nitrogens with one attached hydrogen (secondary N) is 1. The van der Waals surface area contributed by atoms with Gasteiger partial charge < -0.3 is 0 Å². The summed E-state index contributed by atoms with van der Waals surface area (Å²) in [6.07, 6.45) is 1.30. The van der Waals surface area contributed by atoms with E-state index in [1.807, 2.05) is 0 Å². The molecule has 0 aromatic carbocycles. The third kappa shape index (κ3) is 2.04. The third-order valence-corrected chi connectivity index (χ3v) is 3.63. The summed E-state index contributed by atoms with van der Waals surface area (Å²) < 4.78 is 22.6. The Hall–Kier alpha value is -0.910. The second-order valence-corrected chi connectivity index (χ2v) is 5.35. The van der Waals surface area contributed by atoms with Crippen molar-refractivity contribution in [2.75, 3.05) is 0 Å². The summed E-state index contributed by atoms with van der Waals surface area (Å²) in [7, 11) is -3.05. The molecule has 0 amide bonds. The lowest BCUT2D eigenvalue weighted by molar-refractivity contribution is 0.585. The predicted molar refractivity (Wildman–Crippen MR) is 44.1 cm³/mol. The van der Waals surface area contributed by atoms with E-state index in [0.717, 1.165) is 0 Å². The van der Waals surface area contributed by atoms with Crippen LogP contribution in [0.3, 0.4) is 0 Å². The number of sulfone groups is 1. The molecule has 68 valence electrons. The van der Waals surface area contributed by atoms with Crippen LogP contribution in [0.4, 0.5) is 0 Å². The summed E-state index contributed by atoms with van der Waals surface area (Å²) in [6.45, 7) is 3.29. The minimum Gasteiger partial charge on any atom is -0.262 e. The Balaban J connectivity index is 2.77. The molecule has 1 aromatic rings. The normalized spacial score (nSPS) is 12.2. The van der Waals surface area contributed by atoms with Gasteiger partial charge in [-0.05, 0) is 13.8 Å². The molecule has 1 rings (SSSR count). The van der Waals surface area contributed by atoms with Crippen molar-refractivity contribution in [2.45, 2.75) is 24.9 Å². The van der Waals surface area contributed by atoms with E-state index in [-0.39, 0.29) is 11.0 Å². The van der Waals surface area contributed by atoms with Crippen molar-refractivity contribution >= 4 is 9.84 Å². The summed E-state index contributed by atoms with van der Waals surface area (Å²) in [4.78, 5) is 3.74. The van der Waals surface area contributed by atoms with Gasteiger partial charge in [-0.3, -0.25) is 5.10 Å². The molecule has 0 saturated carbocycles. The van der Waals surface area contributed by atoms with Gasteiger partial charge in [0.05, 0.1) is 5.25 Å². The van der Waals surface area contributed by atoms with Gasteiger partial charge in [0.2, 0.25) is 0 Å². The van der Waals surface area contributed by atoms with Crippen LogP contribution in [0.25, 0.3) is 0 Å². The predicted octanol–water partition coefficient (Wildman–Crippen LogP) is 0.128. The zero-order valence-corrected chi connectivity index (χ0v) is 7.80. The Morgan fingerprint density at radius 3 is 2.67 bits per heavy atom. The standard InChI is InChI=1S/C6H11N3O2S/c1-5(2)12(10,11)3-6-7-4-8-9-6/h4-5H,3H2,1-2H3,(H,7,8,9). The molecule has 0 saturated heterocycles. The maximum absolute atomic E-state index is 11.3. The molecule has 1 heterocycles. The van der Waals surface area contributed by atoms with Crippen LogP contribution in [-0.2, 0) is 15.6 Å². The van der Waals surface area contributed by atoms with Gasteiger partial charge in [-0.15, -0.1) is 0 Å². The molecule has 0 aliphatic heterocycles. The lowest BCUT2D eigenvalue weighted by Crippen LogP contribution is -2.16. The number of aromatic amines is 1. The lowest BCUT2D eigenvalue weighted by atomic mass is 10.6. The fraction of sp³-hybridized carbons (Fsp3) is 0.667. The van der Waals surface area contributed by atoms with Crippen LogP contribution < -0.4 is 0 Å². The first-order chi connectivity index (χ1) is 5.52. The largest absolute Gasteiger partial charge is 0.262 e. The van der Waals surface area contributed by atoms with E-state index in [0.29, 0.717) is 5.82 Å². The molecule has 0 spiro atoms. The van der Waals surface area contributed by atoms with Crippen LogP contribution in [0.15, 0.2) is 6.33 Å². The van der Waals surface area contributed by atoms with Crippen molar-refractivity contribution in [1.82, 2.24) is 15.2 Å². The molecule has 0 fully saturated rings. The van der Waals surface area contributed by atoms with Crippen LogP contribution in [0, 0.1) is 0 Å².